The van der Waals surface area contributed by atoms with Gasteiger partial charge in [-0.25, -0.2) is 4.39 Å². The van der Waals surface area contributed by atoms with Crippen LogP contribution in [0.3, 0.4) is 0 Å². The Morgan fingerprint density at radius 1 is 1.35 bits per heavy atom. The molecule has 1 saturated heterocycles. The quantitative estimate of drug-likeness (QED) is 0.854. The number of hydrogen-bond donors (Lipinski definition) is 1. The van der Waals surface area contributed by atoms with E-state index in [1.807, 2.05) is 0 Å². The SMILES string of the molecule is CC1(C)CCCN(Cc2cc(O)cc(F)c2)C1. The lowest BCUT2D eigenvalue weighted by molar-refractivity contribution is 0.111. The van der Waals surface area contributed by atoms with Gasteiger partial charge in [0.25, 0.3) is 0 Å². The van der Waals surface area contributed by atoms with Gasteiger partial charge in [-0.15, -0.1) is 0 Å². The van der Waals surface area contributed by atoms with E-state index in [2.05, 4.69) is 18.7 Å². The Balaban J connectivity index is 2.05. The molecule has 3 heteroatoms. The van der Waals surface area contributed by atoms with E-state index in [0.29, 0.717) is 5.41 Å². The maximum atomic E-state index is 13.2. The van der Waals surface area contributed by atoms with Crippen LogP contribution in [0.2, 0.25) is 0 Å². The van der Waals surface area contributed by atoms with Crippen molar-refractivity contribution < 1.29 is 9.50 Å². The first-order valence-corrected chi connectivity index (χ1v) is 6.15. The predicted molar refractivity (Wildman–Crippen MR) is 66.4 cm³/mol. The molecule has 17 heavy (non-hydrogen) atoms. The molecule has 0 spiro atoms. The Morgan fingerprint density at radius 2 is 2.12 bits per heavy atom. The van der Waals surface area contributed by atoms with Crippen molar-refractivity contribution in [2.24, 2.45) is 5.41 Å². The molecule has 1 aromatic carbocycles. The molecular formula is C14H20FNO. The molecular weight excluding hydrogens is 217 g/mol. The largest absolute Gasteiger partial charge is 0.508 e. The number of likely N-dealkylation sites (tertiary alicyclic amines) is 1. The number of rotatable bonds is 2. The number of aromatic hydroxyl groups is 1. The molecule has 94 valence electrons. The van der Waals surface area contributed by atoms with Gasteiger partial charge in [-0.05, 0) is 42.5 Å². The fraction of sp³-hybridized carbons (Fsp3) is 0.571. The Labute approximate surface area is 102 Å². The van der Waals surface area contributed by atoms with Crippen molar-refractivity contribution in [1.29, 1.82) is 0 Å². The third-order valence-corrected chi connectivity index (χ3v) is 3.33. The monoisotopic (exact) mass is 237 g/mol. The first-order chi connectivity index (χ1) is 7.94. The van der Waals surface area contributed by atoms with Crippen molar-refractivity contribution in [1.82, 2.24) is 4.90 Å². The van der Waals surface area contributed by atoms with Crippen LogP contribution in [-0.2, 0) is 6.54 Å². The summed E-state index contributed by atoms with van der Waals surface area (Å²) < 4.78 is 13.2. The molecule has 0 amide bonds. The highest BCUT2D eigenvalue weighted by atomic mass is 19.1. The van der Waals surface area contributed by atoms with Gasteiger partial charge in [-0.2, -0.15) is 0 Å². The molecule has 2 rings (SSSR count). The number of piperidine rings is 1. The minimum atomic E-state index is -0.365. The van der Waals surface area contributed by atoms with Crippen molar-refractivity contribution in [3.8, 4) is 5.75 Å². The number of hydrogen-bond acceptors (Lipinski definition) is 2. The number of phenols is 1. The summed E-state index contributed by atoms with van der Waals surface area (Å²) in [7, 11) is 0. The molecule has 0 radical (unpaired) electrons. The Kier molecular flexibility index (Phi) is 3.38. The van der Waals surface area contributed by atoms with Gasteiger partial charge in [0.1, 0.15) is 11.6 Å². The highest BCUT2D eigenvalue weighted by Gasteiger charge is 2.26. The first kappa shape index (κ1) is 12.4. The molecule has 2 nitrogen and oxygen atoms in total. The lowest BCUT2D eigenvalue weighted by Gasteiger charge is -2.38. The van der Waals surface area contributed by atoms with Crippen LogP contribution < -0.4 is 0 Å². The zero-order valence-electron chi connectivity index (χ0n) is 10.5. The maximum Gasteiger partial charge on any atom is 0.127 e. The minimum absolute atomic E-state index is 0.0104. The minimum Gasteiger partial charge on any atom is -0.508 e. The molecule has 0 atom stereocenters. The van der Waals surface area contributed by atoms with E-state index < -0.39 is 0 Å². The van der Waals surface area contributed by atoms with Gasteiger partial charge >= 0.3 is 0 Å². The van der Waals surface area contributed by atoms with Crippen LogP contribution in [0, 0.1) is 11.2 Å². The molecule has 1 N–H and O–H groups in total. The van der Waals surface area contributed by atoms with Gasteiger partial charge in [-0.3, -0.25) is 4.90 Å². The number of phenolic OH excluding ortho intramolecular Hbond substituents is 1. The van der Waals surface area contributed by atoms with Crippen molar-refractivity contribution in [2.45, 2.75) is 33.2 Å². The van der Waals surface area contributed by atoms with Gasteiger partial charge < -0.3 is 5.11 Å². The van der Waals surface area contributed by atoms with Gasteiger partial charge in [0.05, 0.1) is 0 Å². The lowest BCUT2D eigenvalue weighted by atomic mass is 9.84. The molecule has 1 heterocycles. The molecule has 0 saturated carbocycles. The number of benzene rings is 1. The average Bonchev–Trinajstić information content (AvgIpc) is 2.13. The summed E-state index contributed by atoms with van der Waals surface area (Å²) in [6, 6.07) is 4.29. The fourth-order valence-electron chi connectivity index (χ4n) is 2.66. The van der Waals surface area contributed by atoms with Gasteiger partial charge in [0.2, 0.25) is 0 Å². The average molecular weight is 237 g/mol. The molecule has 1 fully saturated rings. The molecule has 0 aromatic heterocycles. The van der Waals surface area contributed by atoms with E-state index >= 15 is 0 Å². The topological polar surface area (TPSA) is 23.5 Å². The fourth-order valence-corrected chi connectivity index (χ4v) is 2.66. The molecule has 0 bridgehead atoms. The van der Waals surface area contributed by atoms with Crippen LogP contribution >= 0.6 is 0 Å². The van der Waals surface area contributed by atoms with E-state index in [4.69, 9.17) is 0 Å². The standard InChI is InChI=1S/C14H20FNO/c1-14(2)4-3-5-16(10-14)9-11-6-12(15)8-13(17)7-11/h6-8,17H,3-5,9-10H2,1-2H3. The highest BCUT2D eigenvalue weighted by molar-refractivity contribution is 5.28. The molecule has 1 aliphatic rings. The summed E-state index contributed by atoms with van der Waals surface area (Å²) in [5.41, 5.74) is 1.19. The Hall–Kier alpha value is -1.09. The second-order valence-electron chi connectivity index (χ2n) is 5.80. The van der Waals surface area contributed by atoms with E-state index in [-0.39, 0.29) is 11.6 Å². The summed E-state index contributed by atoms with van der Waals surface area (Å²) in [5, 5.41) is 9.37. The van der Waals surface area contributed by atoms with Crippen molar-refractivity contribution in [3.63, 3.8) is 0 Å². The molecule has 0 unspecified atom stereocenters. The first-order valence-electron chi connectivity index (χ1n) is 6.15. The lowest BCUT2D eigenvalue weighted by Crippen LogP contribution is -2.39. The Bertz CT molecular complexity index is 383. The van der Waals surface area contributed by atoms with Crippen LogP contribution in [0.1, 0.15) is 32.3 Å². The highest BCUT2D eigenvalue weighted by Crippen LogP contribution is 2.29. The van der Waals surface area contributed by atoms with Crippen LogP contribution in [0.4, 0.5) is 4.39 Å². The summed E-state index contributed by atoms with van der Waals surface area (Å²) in [5.74, 6) is -0.354. The van der Waals surface area contributed by atoms with Crippen molar-refractivity contribution >= 4 is 0 Å². The zero-order valence-corrected chi connectivity index (χ0v) is 10.5. The Morgan fingerprint density at radius 3 is 2.76 bits per heavy atom. The third kappa shape index (κ3) is 3.43. The second-order valence-corrected chi connectivity index (χ2v) is 5.80. The van der Waals surface area contributed by atoms with Crippen LogP contribution in [0.25, 0.3) is 0 Å². The normalized spacial score (nSPS) is 20.4. The summed E-state index contributed by atoms with van der Waals surface area (Å²) >= 11 is 0. The van der Waals surface area contributed by atoms with Gasteiger partial charge in [0.15, 0.2) is 0 Å². The van der Waals surface area contributed by atoms with Crippen LogP contribution in [-0.4, -0.2) is 23.1 Å². The summed E-state index contributed by atoms with van der Waals surface area (Å²) in [6.07, 6.45) is 2.44. The van der Waals surface area contributed by atoms with Crippen LogP contribution in [0.15, 0.2) is 18.2 Å². The molecule has 1 aliphatic heterocycles. The zero-order chi connectivity index (χ0) is 12.5. The van der Waals surface area contributed by atoms with Gasteiger partial charge in [-0.1, -0.05) is 13.8 Å². The number of halogens is 1. The van der Waals surface area contributed by atoms with E-state index in [9.17, 15) is 9.50 Å². The molecule has 0 aliphatic carbocycles. The summed E-state index contributed by atoms with van der Waals surface area (Å²) in [6.45, 7) is 7.34. The van der Waals surface area contributed by atoms with Gasteiger partial charge in [0, 0.05) is 19.2 Å². The second kappa shape index (κ2) is 4.65. The maximum absolute atomic E-state index is 13.2. The summed E-state index contributed by atoms with van der Waals surface area (Å²) in [4.78, 5) is 2.33. The van der Waals surface area contributed by atoms with E-state index in [1.165, 1.54) is 18.9 Å². The third-order valence-electron chi connectivity index (χ3n) is 3.33. The van der Waals surface area contributed by atoms with Crippen LogP contribution in [0.5, 0.6) is 5.75 Å². The van der Waals surface area contributed by atoms with Crippen molar-refractivity contribution in [3.05, 3.63) is 29.6 Å². The predicted octanol–water partition coefficient (Wildman–Crippen LogP) is 3.15. The van der Waals surface area contributed by atoms with Crippen molar-refractivity contribution in [2.75, 3.05) is 13.1 Å². The van der Waals surface area contributed by atoms with E-state index in [1.54, 1.807) is 6.07 Å². The number of nitrogens with zero attached hydrogens (tertiary/aromatic N) is 1. The smallest absolute Gasteiger partial charge is 0.127 e. The van der Waals surface area contributed by atoms with E-state index in [0.717, 1.165) is 31.3 Å². The molecule has 1 aromatic rings.